The molecule has 0 fully saturated rings. The van der Waals surface area contributed by atoms with E-state index in [0.29, 0.717) is 10.6 Å². The number of carbonyl (C=O) groups is 1. The standard InChI is InChI=1S/C11H14ClNO/c1-3-13-8(2)11(14)9-5-4-6-10(12)7-9/h4-8,13H,3H2,1-2H3/t8-/m0/s1. The van der Waals surface area contributed by atoms with Gasteiger partial charge in [0.1, 0.15) is 0 Å². The van der Waals surface area contributed by atoms with Crippen molar-refractivity contribution < 1.29 is 4.79 Å². The van der Waals surface area contributed by atoms with Crippen molar-refractivity contribution in [1.82, 2.24) is 5.32 Å². The third-order valence-electron chi connectivity index (χ3n) is 2.01. The highest BCUT2D eigenvalue weighted by Gasteiger charge is 2.13. The van der Waals surface area contributed by atoms with Crippen molar-refractivity contribution in [3.8, 4) is 0 Å². The molecule has 3 heteroatoms. The van der Waals surface area contributed by atoms with Gasteiger partial charge in [0.2, 0.25) is 0 Å². The molecule has 1 aromatic rings. The van der Waals surface area contributed by atoms with E-state index >= 15 is 0 Å². The summed E-state index contributed by atoms with van der Waals surface area (Å²) < 4.78 is 0. The van der Waals surface area contributed by atoms with Crippen LogP contribution in [0.2, 0.25) is 5.02 Å². The van der Waals surface area contributed by atoms with Gasteiger partial charge < -0.3 is 5.32 Å². The molecule has 1 aromatic carbocycles. The highest BCUT2D eigenvalue weighted by Crippen LogP contribution is 2.12. The molecular weight excluding hydrogens is 198 g/mol. The molecule has 1 rings (SSSR count). The molecule has 0 spiro atoms. The summed E-state index contributed by atoms with van der Waals surface area (Å²) in [4.78, 5) is 11.8. The smallest absolute Gasteiger partial charge is 0.179 e. The first-order chi connectivity index (χ1) is 6.65. The molecule has 0 amide bonds. The maximum Gasteiger partial charge on any atom is 0.179 e. The van der Waals surface area contributed by atoms with Gasteiger partial charge in [-0.15, -0.1) is 0 Å². The number of hydrogen-bond donors (Lipinski definition) is 1. The summed E-state index contributed by atoms with van der Waals surface area (Å²) in [5.74, 6) is 0.0781. The first-order valence-corrected chi connectivity index (χ1v) is 5.06. The first kappa shape index (κ1) is 11.2. The lowest BCUT2D eigenvalue weighted by Gasteiger charge is -2.10. The Balaban J connectivity index is 2.78. The van der Waals surface area contributed by atoms with E-state index in [4.69, 9.17) is 11.6 Å². The van der Waals surface area contributed by atoms with E-state index in [1.807, 2.05) is 13.8 Å². The number of ketones is 1. The Morgan fingerprint density at radius 2 is 2.29 bits per heavy atom. The van der Waals surface area contributed by atoms with Gasteiger partial charge in [-0.3, -0.25) is 4.79 Å². The molecule has 1 N–H and O–H groups in total. The lowest BCUT2D eigenvalue weighted by Crippen LogP contribution is -2.33. The molecule has 0 saturated heterocycles. The number of likely N-dealkylation sites (N-methyl/N-ethyl adjacent to an activating group) is 1. The zero-order valence-electron chi connectivity index (χ0n) is 8.38. The van der Waals surface area contributed by atoms with Crippen molar-refractivity contribution in [2.75, 3.05) is 6.54 Å². The molecule has 14 heavy (non-hydrogen) atoms. The fourth-order valence-electron chi connectivity index (χ4n) is 1.29. The average Bonchev–Trinajstić information content (AvgIpc) is 2.17. The molecular formula is C11H14ClNO. The number of rotatable bonds is 4. The highest BCUT2D eigenvalue weighted by molar-refractivity contribution is 6.31. The van der Waals surface area contributed by atoms with Crippen molar-refractivity contribution in [1.29, 1.82) is 0 Å². The zero-order chi connectivity index (χ0) is 10.6. The largest absolute Gasteiger partial charge is 0.308 e. The Labute approximate surface area is 89.3 Å². The summed E-state index contributed by atoms with van der Waals surface area (Å²) in [5.41, 5.74) is 0.658. The number of nitrogens with one attached hydrogen (secondary N) is 1. The molecule has 0 aliphatic heterocycles. The Bertz CT molecular complexity index is 325. The molecule has 0 aliphatic rings. The molecule has 76 valence electrons. The SMILES string of the molecule is CCN[C@@H](C)C(=O)c1cccc(Cl)c1. The summed E-state index contributed by atoms with van der Waals surface area (Å²) in [6.07, 6.45) is 0. The summed E-state index contributed by atoms with van der Waals surface area (Å²) in [7, 11) is 0. The predicted molar refractivity (Wildman–Crippen MR) is 58.9 cm³/mol. The van der Waals surface area contributed by atoms with E-state index in [0.717, 1.165) is 6.54 Å². The van der Waals surface area contributed by atoms with Crippen LogP contribution in [0.3, 0.4) is 0 Å². The number of hydrogen-bond acceptors (Lipinski definition) is 2. The maximum atomic E-state index is 11.8. The van der Waals surface area contributed by atoms with Gasteiger partial charge in [-0.2, -0.15) is 0 Å². The molecule has 0 aliphatic carbocycles. The van der Waals surface area contributed by atoms with Crippen molar-refractivity contribution >= 4 is 17.4 Å². The van der Waals surface area contributed by atoms with E-state index in [9.17, 15) is 4.79 Å². The van der Waals surface area contributed by atoms with Crippen LogP contribution >= 0.6 is 11.6 Å². The second-order valence-electron chi connectivity index (χ2n) is 3.15. The fraction of sp³-hybridized carbons (Fsp3) is 0.364. The maximum absolute atomic E-state index is 11.8. The van der Waals surface area contributed by atoms with E-state index in [-0.39, 0.29) is 11.8 Å². The number of Topliss-reactive ketones (excluding diaryl/α,β-unsaturated/α-hetero) is 1. The molecule has 0 radical (unpaired) electrons. The van der Waals surface area contributed by atoms with Crippen LogP contribution in [-0.4, -0.2) is 18.4 Å². The summed E-state index contributed by atoms with van der Waals surface area (Å²) in [5, 5.41) is 3.67. The van der Waals surface area contributed by atoms with Crippen LogP contribution in [-0.2, 0) is 0 Å². The van der Waals surface area contributed by atoms with Crippen molar-refractivity contribution in [3.05, 3.63) is 34.9 Å². The van der Waals surface area contributed by atoms with Crippen LogP contribution in [0, 0.1) is 0 Å². The molecule has 0 saturated carbocycles. The van der Waals surface area contributed by atoms with Crippen LogP contribution in [0.5, 0.6) is 0 Å². The Morgan fingerprint density at radius 3 is 2.86 bits per heavy atom. The molecule has 0 aromatic heterocycles. The number of halogens is 1. The van der Waals surface area contributed by atoms with Gasteiger partial charge in [0, 0.05) is 10.6 Å². The van der Waals surface area contributed by atoms with Crippen LogP contribution in [0.15, 0.2) is 24.3 Å². The van der Waals surface area contributed by atoms with Crippen molar-refractivity contribution in [2.24, 2.45) is 0 Å². The Kier molecular flexibility index (Phi) is 4.11. The fourth-order valence-corrected chi connectivity index (χ4v) is 1.48. The van der Waals surface area contributed by atoms with Crippen LogP contribution < -0.4 is 5.32 Å². The monoisotopic (exact) mass is 211 g/mol. The number of carbonyl (C=O) groups excluding carboxylic acids is 1. The van der Waals surface area contributed by atoms with Gasteiger partial charge in [0.25, 0.3) is 0 Å². The molecule has 2 nitrogen and oxygen atoms in total. The first-order valence-electron chi connectivity index (χ1n) is 4.68. The summed E-state index contributed by atoms with van der Waals surface area (Å²) in [6.45, 7) is 4.61. The minimum absolute atomic E-state index is 0.0781. The van der Waals surface area contributed by atoms with Gasteiger partial charge >= 0.3 is 0 Å². The van der Waals surface area contributed by atoms with Gasteiger partial charge in [-0.25, -0.2) is 0 Å². The van der Waals surface area contributed by atoms with Crippen molar-refractivity contribution in [3.63, 3.8) is 0 Å². The molecule has 0 bridgehead atoms. The van der Waals surface area contributed by atoms with Crippen LogP contribution in [0.1, 0.15) is 24.2 Å². The summed E-state index contributed by atoms with van der Waals surface area (Å²) in [6, 6.07) is 6.86. The quantitative estimate of drug-likeness (QED) is 0.776. The normalized spacial score (nSPS) is 12.5. The lowest BCUT2D eigenvalue weighted by molar-refractivity contribution is 0.0952. The average molecular weight is 212 g/mol. The van der Waals surface area contributed by atoms with Crippen LogP contribution in [0.4, 0.5) is 0 Å². The van der Waals surface area contributed by atoms with Gasteiger partial charge in [0.15, 0.2) is 5.78 Å². The summed E-state index contributed by atoms with van der Waals surface area (Å²) >= 11 is 5.80. The second kappa shape index (κ2) is 5.13. The van der Waals surface area contributed by atoms with E-state index in [1.165, 1.54) is 0 Å². The molecule has 0 heterocycles. The third kappa shape index (κ3) is 2.82. The van der Waals surface area contributed by atoms with E-state index in [1.54, 1.807) is 24.3 Å². The van der Waals surface area contributed by atoms with Gasteiger partial charge in [-0.1, -0.05) is 30.7 Å². The number of benzene rings is 1. The lowest BCUT2D eigenvalue weighted by atomic mass is 10.1. The molecule has 1 atom stereocenters. The third-order valence-corrected chi connectivity index (χ3v) is 2.25. The topological polar surface area (TPSA) is 29.1 Å². The Morgan fingerprint density at radius 1 is 1.57 bits per heavy atom. The van der Waals surface area contributed by atoms with Gasteiger partial charge in [0.05, 0.1) is 6.04 Å². The Hall–Kier alpha value is -0.860. The highest BCUT2D eigenvalue weighted by atomic mass is 35.5. The van der Waals surface area contributed by atoms with Crippen molar-refractivity contribution in [2.45, 2.75) is 19.9 Å². The predicted octanol–water partition coefficient (Wildman–Crippen LogP) is 2.52. The van der Waals surface area contributed by atoms with Crippen LogP contribution in [0.25, 0.3) is 0 Å². The zero-order valence-corrected chi connectivity index (χ0v) is 9.14. The van der Waals surface area contributed by atoms with E-state index < -0.39 is 0 Å². The van der Waals surface area contributed by atoms with Gasteiger partial charge in [-0.05, 0) is 25.6 Å². The second-order valence-corrected chi connectivity index (χ2v) is 3.59. The molecule has 0 unspecified atom stereocenters. The van der Waals surface area contributed by atoms with E-state index in [2.05, 4.69) is 5.32 Å². The minimum atomic E-state index is -0.154. The minimum Gasteiger partial charge on any atom is -0.308 e.